The lowest BCUT2D eigenvalue weighted by atomic mass is 10.1. The number of halogens is 8. The summed E-state index contributed by atoms with van der Waals surface area (Å²) in [6.07, 6.45) is -4.40. The van der Waals surface area contributed by atoms with Gasteiger partial charge in [-0.15, -0.1) is 0 Å². The largest absolute Gasteiger partial charge is 0.336 e. The van der Waals surface area contributed by atoms with E-state index in [0.717, 1.165) is 6.07 Å². The van der Waals surface area contributed by atoms with E-state index in [-0.39, 0.29) is 0 Å². The van der Waals surface area contributed by atoms with Gasteiger partial charge in [0.1, 0.15) is 0 Å². The predicted molar refractivity (Wildman–Crippen MR) is 35.0 cm³/mol. The zero-order valence-electron chi connectivity index (χ0n) is 7.10. The molecule has 0 aliphatic heterocycles. The van der Waals surface area contributed by atoms with Crippen LogP contribution in [0.3, 0.4) is 0 Å². The molecule has 1 radical (unpaired) electrons. The maximum Gasteiger partial charge on any atom is 0.336 e. The van der Waals surface area contributed by atoms with E-state index in [1.165, 1.54) is 0 Å². The van der Waals surface area contributed by atoms with Crippen molar-refractivity contribution in [3.63, 3.8) is 0 Å². The molecule has 0 aromatic heterocycles. The summed E-state index contributed by atoms with van der Waals surface area (Å²) in [6, 6.07) is 0.720. The Balaban J connectivity index is 3.47. The van der Waals surface area contributed by atoms with Crippen molar-refractivity contribution < 1.29 is 35.1 Å². The van der Waals surface area contributed by atoms with Crippen LogP contribution < -0.4 is 0 Å². The molecular formula is C8HF8. The summed E-state index contributed by atoms with van der Waals surface area (Å²) in [5, 5.41) is 0. The van der Waals surface area contributed by atoms with Crippen LogP contribution in [0.25, 0.3) is 0 Å². The van der Waals surface area contributed by atoms with E-state index in [1.807, 2.05) is 0 Å². The highest BCUT2D eigenvalue weighted by molar-refractivity contribution is 5.25. The van der Waals surface area contributed by atoms with E-state index >= 15 is 0 Å². The average Bonchev–Trinajstić information content (AvgIpc) is 2.19. The van der Waals surface area contributed by atoms with E-state index in [4.69, 9.17) is 0 Å². The molecule has 0 aliphatic carbocycles. The molecule has 0 saturated carbocycles. The maximum atomic E-state index is 12.7. The molecule has 16 heavy (non-hydrogen) atoms. The second kappa shape index (κ2) is 3.91. The van der Waals surface area contributed by atoms with E-state index < -0.39 is 41.2 Å². The molecule has 0 spiro atoms. The predicted octanol–water partition coefficient (Wildman–Crippen LogP) is 3.40. The molecule has 0 nitrogen and oxygen atoms in total. The number of benzene rings is 1. The second-order valence-corrected chi connectivity index (χ2v) is 2.68. The molecule has 89 valence electrons. The average molecular weight is 249 g/mol. The topological polar surface area (TPSA) is 0 Å². The Morgan fingerprint density at radius 3 is 1.81 bits per heavy atom. The number of alkyl halides is 4. The fourth-order valence-electron chi connectivity index (χ4n) is 0.861. The van der Waals surface area contributed by atoms with Crippen LogP contribution in [-0.4, -0.2) is 6.43 Å². The molecule has 0 unspecified atom stereocenters. The van der Waals surface area contributed by atoms with Crippen LogP contribution in [0.4, 0.5) is 35.1 Å². The zero-order chi connectivity index (χ0) is 12.7. The molecule has 0 fully saturated rings. The zero-order valence-corrected chi connectivity index (χ0v) is 7.10. The Kier molecular flexibility index (Phi) is 3.11. The Morgan fingerprint density at radius 2 is 1.38 bits per heavy atom. The van der Waals surface area contributed by atoms with Gasteiger partial charge in [0.2, 0.25) is 0 Å². The molecule has 1 aromatic carbocycles. The van der Waals surface area contributed by atoms with Crippen molar-refractivity contribution in [2.45, 2.75) is 12.3 Å². The van der Waals surface area contributed by atoms with Crippen molar-refractivity contribution in [3.8, 4) is 0 Å². The quantitative estimate of drug-likeness (QED) is 0.428. The fourth-order valence-corrected chi connectivity index (χ4v) is 0.861. The molecule has 0 heterocycles. The molecule has 0 saturated heterocycles. The summed E-state index contributed by atoms with van der Waals surface area (Å²) in [4.78, 5) is 0. The van der Waals surface area contributed by atoms with Gasteiger partial charge in [-0.3, -0.25) is 0 Å². The number of rotatable bonds is 2. The van der Waals surface area contributed by atoms with Crippen molar-refractivity contribution in [2.75, 3.05) is 0 Å². The van der Waals surface area contributed by atoms with Crippen LogP contribution in [0.1, 0.15) is 5.56 Å². The van der Waals surface area contributed by atoms with Crippen LogP contribution >= 0.6 is 0 Å². The van der Waals surface area contributed by atoms with Crippen LogP contribution in [0.5, 0.6) is 0 Å². The van der Waals surface area contributed by atoms with Crippen molar-refractivity contribution >= 4 is 0 Å². The highest BCUT2D eigenvalue weighted by Crippen LogP contribution is 2.37. The summed E-state index contributed by atoms with van der Waals surface area (Å²) < 4.78 is 98.5. The smallest absolute Gasteiger partial charge is 0.203 e. The van der Waals surface area contributed by atoms with E-state index in [9.17, 15) is 35.1 Å². The molecule has 1 rings (SSSR count). The van der Waals surface area contributed by atoms with Crippen LogP contribution in [0.15, 0.2) is 0 Å². The molecule has 0 aliphatic rings. The third-order valence-electron chi connectivity index (χ3n) is 1.64. The summed E-state index contributed by atoms with van der Waals surface area (Å²) in [6.45, 7) is 0. The number of hydrogen-bond acceptors (Lipinski definition) is 0. The van der Waals surface area contributed by atoms with E-state index in [2.05, 4.69) is 0 Å². The minimum Gasteiger partial charge on any atom is -0.203 e. The lowest BCUT2D eigenvalue weighted by Crippen LogP contribution is -2.26. The summed E-state index contributed by atoms with van der Waals surface area (Å²) >= 11 is 0. The van der Waals surface area contributed by atoms with Crippen molar-refractivity contribution in [1.29, 1.82) is 0 Å². The summed E-state index contributed by atoms with van der Waals surface area (Å²) in [5.74, 6) is -15.0. The van der Waals surface area contributed by atoms with Crippen molar-refractivity contribution in [2.24, 2.45) is 0 Å². The van der Waals surface area contributed by atoms with Crippen LogP contribution in [-0.2, 0) is 5.92 Å². The van der Waals surface area contributed by atoms with Crippen LogP contribution in [0, 0.1) is 29.3 Å². The van der Waals surface area contributed by atoms with Crippen molar-refractivity contribution in [1.82, 2.24) is 0 Å². The van der Waals surface area contributed by atoms with E-state index in [0.29, 0.717) is 0 Å². The van der Waals surface area contributed by atoms with Gasteiger partial charge in [0.05, 0.1) is 5.56 Å². The molecule has 0 amide bonds. The van der Waals surface area contributed by atoms with Gasteiger partial charge in [0, 0.05) is 6.07 Å². The Bertz CT molecular complexity index is 411. The molecule has 8 heteroatoms. The lowest BCUT2D eigenvalue weighted by molar-refractivity contribution is -0.137. The molecule has 0 bridgehead atoms. The minimum atomic E-state index is -5.15. The van der Waals surface area contributed by atoms with Gasteiger partial charge in [0.15, 0.2) is 23.3 Å². The first-order valence-corrected chi connectivity index (χ1v) is 3.61. The van der Waals surface area contributed by atoms with Gasteiger partial charge >= 0.3 is 12.3 Å². The summed E-state index contributed by atoms with van der Waals surface area (Å²) in [7, 11) is 0. The SMILES string of the molecule is Fc1[c]c(C(F)(F)C(F)F)c(F)c(F)c1F. The van der Waals surface area contributed by atoms with E-state index in [1.54, 1.807) is 0 Å². The normalized spacial score (nSPS) is 12.3. The first-order chi connectivity index (χ1) is 7.19. The molecular weight excluding hydrogens is 248 g/mol. The van der Waals surface area contributed by atoms with Gasteiger partial charge in [-0.05, 0) is 0 Å². The van der Waals surface area contributed by atoms with Gasteiger partial charge in [-0.1, -0.05) is 0 Å². The third-order valence-corrected chi connectivity index (χ3v) is 1.64. The Labute approximate surface area is 83.5 Å². The highest BCUT2D eigenvalue weighted by atomic mass is 19.3. The third kappa shape index (κ3) is 1.83. The second-order valence-electron chi connectivity index (χ2n) is 2.68. The maximum absolute atomic E-state index is 12.7. The van der Waals surface area contributed by atoms with Gasteiger partial charge < -0.3 is 0 Å². The lowest BCUT2D eigenvalue weighted by Gasteiger charge is -2.16. The van der Waals surface area contributed by atoms with Gasteiger partial charge in [-0.25, -0.2) is 26.3 Å². The standard InChI is InChI=1S/C8HF8/c9-3-1-2(8(15,16)7(13)14)4(10)6(12)5(3)11/h7H. The Morgan fingerprint density at radius 1 is 0.875 bits per heavy atom. The van der Waals surface area contributed by atoms with Crippen molar-refractivity contribution in [3.05, 3.63) is 34.9 Å². The number of hydrogen-bond donors (Lipinski definition) is 0. The monoisotopic (exact) mass is 249 g/mol. The minimum absolute atomic E-state index is 0.720. The summed E-state index contributed by atoms with van der Waals surface area (Å²) in [5.41, 5.74) is -2.35. The van der Waals surface area contributed by atoms with Gasteiger partial charge in [0.25, 0.3) is 0 Å². The highest BCUT2D eigenvalue weighted by Gasteiger charge is 2.46. The fraction of sp³-hybridized carbons (Fsp3) is 0.250. The first-order valence-electron chi connectivity index (χ1n) is 3.61. The first kappa shape index (κ1) is 12.7. The molecule has 0 atom stereocenters. The van der Waals surface area contributed by atoms with Crippen LogP contribution in [0.2, 0.25) is 0 Å². The van der Waals surface area contributed by atoms with Gasteiger partial charge in [-0.2, -0.15) is 8.78 Å². The molecule has 1 aromatic rings. The molecule has 0 N–H and O–H groups in total. The Hall–Kier alpha value is -1.34.